The van der Waals surface area contributed by atoms with E-state index in [-0.39, 0.29) is 11.3 Å². The Morgan fingerprint density at radius 2 is 1.71 bits per heavy atom. The summed E-state index contributed by atoms with van der Waals surface area (Å²) in [5, 5.41) is 9.30. The van der Waals surface area contributed by atoms with Crippen LogP contribution in [0.1, 0.15) is 54.4 Å². The van der Waals surface area contributed by atoms with Gasteiger partial charge in [-0.2, -0.15) is 0 Å². The molecule has 1 N–H and O–H groups in total. The van der Waals surface area contributed by atoms with Crippen LogP contribution >= 0.6 is 0 Å². The van der Waals surface area contributed by atoms with Gasteiger partial charge in [0.2, 0.25) is 0 Å². The standard InChI is InChI=1S/C12H24O2/c1-7-9(2)12(6,10(13)14)8-11(3,4)5/h9H,7-8H2,1-6H3,(H,13,14). The van der Waals surface area contributed by atoms with E-state index in [1.165, 1.54) is 0 Å². The van der Waals surface area contributed by atoms with Crippen LogP contribution < -0.4 is 0 Å². The molecule has 0 amide bonds. The highest BCUT2D eigenvalue weighted by Gasteiger charge is 2.40. The van der Waals surface area contributed by atoms with Crippen molar-refractivity contribution in [1.29, 1.82) is 0 Å². The lowest BCUT2D eigenvalue weighted by Gasteiger charge is -2.36. The molecule has 0 heterocycles. The monoisotopic (exact) mass is 200 g/mol. The maximum absolute atomic E-state index is 11.3. The van der Waals surface area contributed by atoms with Crippen LogP contribution in [-0.2, 0) is 4.79 Å². The molecule has 0 aliphatic heterocycles. The summed E-state index contributed by atoms with van der Waals surface area (Å²) in [7, 11) is 0. The van der Waals surface area contributed by atoms with E-state index in [4.69, 9.17) is 0 Å². The Morgan fingerprint density at radius 3 is 1.93 bits per heavy atom. The molecule has 2 unspecified atom stereocenters. The largest absolute Gasteiger partial charge is 0.481 e. The summed E-state index contributed by atoms with van der Waals surface area (Å²) in [6, 6.07) is 0. The summed E-state index contributed by atoms with van der Waals surface area (Å²) in [6.45, 7) is 12.2. The zero-order chi connectivity index (χ0) is 11.6. The Morgan fingerprint density at radius 1 is 1.29 bits per heavy atom. The van der Waals surface area contributed by atoms with E-state index in [0.29, 0.717) is 0 Å². The third-order valence-corrected chi connectivity index (χ3v) is 3.09. The van der Waals surface area contributed by atoms with Gasteiger partial charge in [-0.15, -0.1) is 0 Å². The smallest absolute Gasteiger partial charge is 0.309 e. The van der Waals surface area contributed by atoms with E-state index >= 15 is 0 Å². The molecule has 0 spiro atoms. The van der Waals surface area contributed by atoms with Crippen molar-refractivity contribution in [2.75, 3.05) is 0 Å². The highest BCUT2D eigenvalue weighted by molar-refractivity contribution is 5.74. The molecule has 0 aromatic rings. The minimum absolute atomic E-state index is 0.0660. The molecule has 0 radical (unpaired) electrons. The van der Waals surface area contributed by atoms with Crippen molar-refractivity contribution in [3.05, 3.63) is 0 Å². The molecule has 84 valence electrons. The Bertz CT molecular complexity index is 203. The Kier molecular flexibility index (Phi) is 4.16. The first-order valence-electron chi connectivity index (χ1n) is 5.37. The van der Waals surface area contributed by atoms with Crippen LogP contribution in [0.2, 0.25) is 0 Å². The van der Waals surface area contributed by atoms with Gasteiger partial charge in [-0.25, -0.2) is 0 Å². The Hall–Kier alpha value is -0.530. The molecule has 0 bridgehead atoms. The second kappa shape index (κ2) is 4.33. The van der Waals surface area contributed by atoms with Crippen molar-refractivity contribution < 1.29 is 9.90 Å². The van der Waals surface area contributed by atoms with Crippen molar-refractivity contribution in [3.8, 4) is 0 Å². The molecule has 2 nitrogen and oxygen atoms in total. The van der Waals surface area contributed by atoms with E-state index in [1.807, 2.05) is 13.8 Å². The van der Waals surface area contributed by atoms with Crippen molar-refractivity contribution in [2.45, 2.75) is 54.4 Å². The van der Waals surface area contributed by atoms with Gasteiger partial charge in [-0.3, -0.25) is 4.79 Å². The summed E-state index contributed by atoms with van der Waals surface area (Å²) < 4.78 is 0. The normalized spacial score (nSPS) is 18.7. The molecule has 0 saturated carbocycles. The average molecular weight is 200 g/mol. The number of carboxylic acids is 1. The summed E-state index contributed by atoms with van der Waals surface area (Å²) in [6.07, 6.45) is 1.64. The summed E-state index contributed by atoms with van der Waals surface area (Å²) in [5.41, 5.74) is -0.524. The van der Waals surface area contributed by atoms with Gasteiger partial charge >= 0.3 is 5.97 Å². The second-order valence-corrected chi connectivity index (χ2v) is 5.77. The summed E-state index contributed by atoms with van der Waals surface area (Å²) >= 11 is 0. The first-order valence-corrected chi connectivity index (χ1v) is 5.37. The third kappa shape index (κ3) is 3.32. The van der Waals surface area contributed by atoms with E-state index in [2.05, 4.69) is 27.7 Å². The third-order valence-electron chi connectivity index (χ3n) is 3.09. The lowest BCUT2D eigenvalue weighted by Crippen LogP contribution is -2.37. The Labute approximate surface area is 87.7 Å². The highest BCUT2D eigenvalue weighted by atomic mass is 16.4. The molecule has 0 aromatic heterocycles. The molecule has 2 atom stereocenters. The second-order valence-electron chi connectivity index (χ2n) is 5.77. The Balaban J connectivity index is 4.83. The number of rotatable bonds is 4. The van der Waals surface area contributed by atoms with Crippen LogP contribution in [0.5, 0.6) is 0 Å². The van der Waals surface area contributed by atoms with E-state index in [1.54, 1.807) is 0 Å². The predicted molar refractivity (Wildman–Crippen MR) is 59.3 cm³/mol. The molecular formula is C12H24O2. The topological polar surface area (TPSA) is 37.3 Å². The molecule has 0 aliphatic carbocycles. The van der Waals surface area contributed by atoms with Gasteiger partial charge in [-0.1, -0.05) is 41.0 Å². The fourth-order valence-electron chi connectivity index (χ4n) is 2.01. The minimum Gasteiger partial charge on any atom is -0.481 e. The van der Waals surface area contributed by atoms with E-state index in [0.717, 1.165) is 12.8 Å². The van der Waals surface area contributed by atoms with Crippen LogP contribution in [0.3, 0.4) is 0 Å². The zero-order valence-electron chi connectivity index (χ0n) is 10.3. The molecule has 0 rings (SSSR count). The lowest BCUT2D eigenvalue weighted by molar-refractivity contribution is -0.153. The highest BCUT2D eigenvalue weighted by Crippen LogP contribution is 2.40. The zero-order valence-corrected chi connectivity index (χ0v) is 10.3. The molecule has 0 aliphatic rings. The van der Waals surface area contributed by atoms with Crippen LogP contribution in [0.25, 0.3) is 0 Å². The maximum Gasteiger partial charge on any atom is 0.309 e. The van der Waals surface area contributed by atoms with Crippen molar-refractivity contribution >= 4 is 5.97 Å². The summed E-state index contributed by atoms with van der Waals surface area (Å²) in [5.74, 6) is -0.444. The SMILES string of the molecule is CCC(C)C(C)(CC(C)(C)C)C(=O)O. The maximum atomic E-state index is 11.3. The first kappa shape index (κ1) is 13.5. The quantitative estimate of drug-likeness (QED) is 0.753. The van der Waals surface area contributed by atoms with Gasteiger partial charge in [0.05, 0.1) is 5.41 Å². The molecular weight excluding hydrogens is 176 g/mol. The fourth-order valence-corrected chi connectivity index (χ4v) is 2.01. The summed E-state index contributed by atoms with van der Waals surface area (Å²) in [4.78, 5) is 11.3. The van der Waals surface area contributed by atoms with Gasteiger partial charge in [0.15, 0.2) is 0 Å². The number of hydrogen-bond acceptors (Lipinski definition) is 1. The predicted octanol–water partition coefficient (Wildman–Crippen LogP) is 3.56. The lowest BCUT2D eigenvalue weighted by atomic mass is 9.67. The molecule has 2 heteroatoms. The van der Waals surface area contributed by atoms with Crippen LogP contribution in [-0.4, -0.2) is 11.1 Å². The van der Waals surface area contributed by atoms with E-state index < -0.39 is 11.4 Å². The van der Waals surface area contributed by atoms with Gasteiger partial charge in [0.25, 0.3) is 0 Å². The van der Waals surface area contributed by atoms with Crippen LogP contribution in [0, 0.1) is 16.7 Å². The number of carbonyl (C=O) groups is 1. The van der Waals surface area contributed by atoms with Crippen LogP contribution in [0.15, 0.2) is 0 Å². The van der Waals surface area contributed by atoms with Crippen molar-refractivity contribution in [3.63, 3.8) is 0 Å². The van der Waals surface area contributed by atoms with Crippen molar-refractivity contribution in [1.82, 2.24) is 0 Å². The van der Waals surface area contributed by atoms with Gasteiger partial charge in [0, 0.05) is 0 Å². The number of hydrogen-bond donors (Lipinski definition) is 1. The first-order chi connectivity index (χ1) is 6.13. The number of carboxylic acid groups (broad SMARTS) is 1. The molecule has 0 saturated heterocycles. The minimum atomic E-state index is -0.665. The van der Waals surface area contributed by atoms with Crippen LogP contribution in [0.4, 0.5) is 0 Å². The fraction of sp³-hybridized carbons (Fsp3) is 0.917. The van der Waals surface area contributed by atoms with Gasteiger partial charge in [-0.05, 0) is 24.7 Å². The van der Waals surface area contributed by atoms with E-state index in [9.17, 15) is 9.90 Å². The number of aliphatic carboxylic acids is 1. The molecule has 0 aromatic carbocycles. The van der Waals surface area contributed by atoms with Crippen molar-refractivity contribution in [2.24, 2.45) is 16.7 Å². The molecule has 0 fully saturated rings. The average Bonchev–Trinajstić information content (AvgIpc) is 1.99. The molecule has 14 heavy (non-hydrogen) atoms. The van der Waals surface area contributed by atoms with Gasteiger partial charge < -0.3 is 5.11 Å². The van der Waals surface area contributed by atoms with Gasteiger partial charge in [0.1, 0.15) is 0 Å².